The Bertz CT molecular complexity index is 992. The molecule has 0 aliphatic carbocycles. The first-order valence-electron chi connectivity index (χ1n) is 7.39. The average molecular weight is 318 g/mol. The number of aromatic hydroxyl groups is 2. The molecule has 2 aromatic heterocycles. The summed E-state index contributed by atoms with van der Waals surface area (Å²) in [6.07, 6.45) is 1.74. The molecular formula is C18H14N4O2. The predicted octanol–water partition coefficient (Wildman–Crippen LogP) is 3.55. The Kier molecular flexibility index (Phi) is 3.28. The summed E-state index contributed by atoms with van der Waals surface area (Å²) < 4.78 is 1.79. The molecule has 0 aliphatic heterocycles. The van der Waals surface area contributed by atoms with Gasteiger partial charge in [-0.05, 0) is 60.7 Å². The monoisotopic (exact) mass is 318 g/mol. The summed E-state index contributed by atoms with van der Waals surface area (Å²) in [4.78, 5) is 4.30. The molecule has 0 amide bonds. The Morgan fingerprint density at radius 2 is 1.46 bits per heavy atom. The van der Waals surface area contributed by atoms with E-state index in [1.165, 1.54) is 0 Å². The number of nitrogens with zero attached hydrogens (tertiary/aromatic N) is 3. The number of phenolic OH excluding ortho intramolecular Hbond substituents is 2. The summed E-state index contributed by atoms with van der Waals surface area (Å²) in [5.41, 5.74) is 3.50. The molecule has 6 heteroatoms. The average Bonchev–Trinajstić information content (AvgIpc) is 3.01. The Hall–Kier alpha value is -3.54. The quantitative estimate of drug-likeness (QED) is 0.503. The molecule has 4 rings (SSSR count). The van der Waals surface area contributed by atoms with Crippen molar-refractivity contribution in [2.45, 2.75) is 0 Å². The van der Waals surface area contributed by atoms with Crippen LogP contribution in [0.5, 0.6) is 11.5 Å². The fourth-order valence-electron chi connectivity index (χ4n) is 2.48. The summed E-state index contributed by atoms with van der Waals surface area (Å²) in [5, 5.41) is 26.4. The second kappa shape index (κ2) is 5.58. The maximum absolute atomic E-state index is 9.43. The lowest BCUT2D eigenvalue weighted by Crippen LogP contribution is -2.02. The van der Waals surface area contributed by atoms with Crippen molar-refractivity contribution in [2.75, 3.05) is 5.32 Å². The van der Waals surface area contributed by atoms with E-state index in [2.05, 4.69) is 15.4 Å². The maximum atomic E-state index is 9.43. The highest BCUT2D eigenvalue weighted by Crippen LogP contribution is 2.24. The number of hydrogen-bond acceptors (Lipinski definition) is 5. The molecule has 24 heavy (non-hydrogen) atoms. The standard InChI is InChI=1S/C18H14N4O2/c23-15-6-1-12(2-7-15)17-10-5-14-11-19-18(21-22(14)17)20-13-3-8-16(24)9-4-13/h1-11,23-24H,(H,20,21). The molecule has 0 unspecified atom stereocenters. The van der Waals surface area contributed by atoms with Crippen molar-refractivity contribution in [3.63, 3.8) is 0 Å². The largest absolute Gasteiger partial charge is 0.508 e. The van der Waals surface area contributed by atoms with Gasteiger partial charge in [-0.15, -0.1) is 5.10 Å². The SMILES string of the molecule is Oc1ccc(Nc2ncc3ccc(-c4ccc(O)cc4)n3n2)cc1. The molecule has 2 aromatic carbocycles. The van der Waals surface area contributed by atoms with Gasteiger partial charge in [-0.2, -0.15) is 0 Å². The zero-order valence-electron chi connectivity index (χ0n) is 12.6. The van der Waals surface area contributed by atoms with E-state index < -0.39 is 0 Å². The molecule has 4 aromatic rings. The number of nitrogens with one attached hydrogen (secondary N) is 1. The van der Waals surface area contributed by atoms with E-state index in [0.29, 0.717) is 5.95 Å². The van der Waals surface area contributed by atoms with Gasteiger partial charge in [-0.3, -0.25) is 0 Å². The van der Waals surface area contributed by atoms with Crippen molar-refractivity contribution < 1.29 is 10.2 Å². The molecule has 0 radical (unpaired) electrons. The van der Waals surface area contributed by atoms with Gasteiger partial charge >= 0.3 is 0 Å². The first kappa shape index (κ1) is 14.1. The Labute approximate surface area is 137 Å². The molecule has 6 nitrogen and oxygen atoms in total. The number of aromatic nitrogens is 3. The van der Waals surface area contributed by atoms with Gasteiger partial charge in [-0.25, -0.2) is 9.50 Å². The number of rotatable bonds is 3. The van der Waals surface area contributed by atoms with Crippen molar-refractivity contribution >= 4 is 17.2 Å². The van der Waals surface area contributed by atoms with Crippen molar-refractivity contribution in [2.24, 2.45) is 0 Å². The van der Waals surface area contributed by atoms with Crippen LogP contribution in [0.25, 0.3) is 16.8 Å². The molecule has 0 spiro atoms. The second-order valence-electron chi connectivity index (χ2n) is 5.36. The minimum Gasteiger partial charge on any atom is -0.508 e. The van der Waals surface area contributed by atoms with Crippen molar-refractivity contribution in [1.29, 1.82) is 0 Å². The van der Waals surface area contributed by atoms with E-state index in [1.54, 1.807) is 47.1 Å². The van der Waals surface area contributed by atoms with Crippen LogP contribution in [-0.2, 0) is 0 Å². The molecule has 0 saturated carbocycles. The highest BCUT2D eigenvalue weighted by atomic mass is 16.3. The third-order valence-electron chi connectivity index (χ3n) is 3.69. The van der Waals surface area contributed by atoms with E-state index in [9.17, 15) is 10.2 Å². The van der Waals surface area contributed by atoms with Crippen LogP contribution in [0.1, 0.15) is 0 Å². The normalized spacial score (nSPS) is 10.8. The Balaban J connectivity index is 1.72. The van der Waals surface area contributed by atoms with Crippen LogP contribution in [-0.4, -0.2) is 24.8 Å². The zero-order valence-corrected chi connectivity index (χ0v) is 12.6. The van der Waals surface area contributed by atoms with Crippen LogP contribution in [0.4, 0.5) is 11.6 Å². The van der Waals surface area contributed by atoms with Gasteiger partial charge in [0.1, 0.15) is 11.5 Å². The van der Waals surface area contributed by atoms with E-state index in [4.69, 9.17) is 0 Å². The van der Waals surface area contributed by atoms with Gasteiger partial charge in [0.25, 0.3) is 0 Å². The molecular weight excluding hydrogens is 304 g/mol. The molecule has 0 fully saturated rings. The van der Waals surface area contributed by atoms with Crippen molar-refractivity contribution in [3.8, 4) is 22.8 Å². The lowest BCUT2D eigenvalue weighted by Gasteiger charge is -2.07. The van der Waals surface area contributed by atoms with Crippen LogP contribution in [0, 0.1) is 0 Å². The molecule has 0 bridgehead atoms. The zero-order chi connectivity index (χ0) is 16.5. The highest BCUT2D eigenvalue weighted by Gasteiger charge is 2.08. The van der Waals surface area contributed by atoms with Crippen molar-refractivity contribution in [3.05, 3.63) is 66.9 Å². The van der Waals surface area contributed by atoms with Gasteiger partial charge < -0.3 is 15.5 Å². The maximum Gasteiger partial charge on any atom is 0.245 e. The fourth-order valence-corrected chi connectivity index (χ4v) is 2.48. The smallest absolute Gasteiger partial charge is 0.245 e. The van der Waals surface area contributed by atoms with Crippen LogP contribution in [0.3, 0.4) is 0 Å². The van der Waals surface area contributed by atoms with Crippen molar-refractivity contribution in [1.82, 2.24) is 14.6 Å². The van der Waals surface area contributed by atoms with Gasteiger partial charge in [-0.1, -0.05) is 0 Å². The Morgan fingerprint density at radius 1 is 0.792 bits per heavy atom. The summed E-state index contributed by atoms with van der Waals surface area (Å²) in [5.74, 6) is 0.880. The fraction of sp³-hybridized carbons (Fsp3) is 0. The van der Waals surface area contributed by atoms with E-state index >= 15 is 0 Å². The summed E-state index contributed by atoms with van der Waals surface area (Å²) in [6.45, 7) is 0. The summed E-state index contributed by atoms with van der Waals surface area (Å²) in [7, 11) is 0. The number of phenols is 2. The number of hydrogen-bond donors (Lipinski definition) is 3. The third-order valence-corrected chi connectivity index (χ3v) is 3.69. The molecule has 3 N–H and O–H groups in total. The minimum atomic E-state index is 0.206. The first-order chi connectivity index (χ1) is 11.7. The third kappa shape index (κ3) is 2.61. The number of fused-ring (bicyclic) bond motifs is 1. The van der Waals surface area contributed by atoms with Gasteiger partial charge in [0.05, 0.1) is 17.4 Å². The van der Waals surface area contributed by atoms with E-state index in [-0.39, 0.29) is 11.5 Å². The lowest BCUT2D eigenvalue weighted by molar-refractivity contribution is 0.475. The molecule has 118 valence electrons. The molecule has 2 heterocycles. The molecule has 0 saturated heterocycles. The summed E-state index contributed by atoms with van der Waals surface area (Å²) >= 11 is 0. The summed E-state index contributed by atoms with van der Waals surface area (Å²) in [6, 6.07) is 17.6. The van der Waals surface area contributed by atoms with Gasteiger partial charge in [0.15, 0.2) is 0 Å². The molecule has 0 atom stereocenters. The predicted molar refractivity (Wildman–Crippen MR) is 91.5 cm³/mol. The van der Waals surface area contributed by atoms with Crippen LogP contribution in [0.15, 0.2) is 66.9 Å². The van der Waals surface area contributed by atoms with Crippen LogP contribution >= 0.6 is 0 Å². The van der Waals surface area contributed by atoms with E-state index in [0.717, 1.165) is 22.5 Å². The van der Waals surface area contributed by atoms with Gasteiger partial charge in [0, 0.05) is 11.3 Å². The first-order valence-corrected chi connectivity index (χ1v) is 7.39. The topological polar surface area (TPSA) is 82.7 Å². The Morgan fingerprint density at radius 3 is 2.17 bits per heavy atom. The lowest BCUT2D eigenvalue weighted by atomic mass is 10.1. The van der Waals surface area contributed by atoms with E-state index in [1.807, 2.05) is 24.3 Å². The minimum absolute atomic E-state index is 0.206. The number of anilines is 2. The van der Waals surface area contributed by atoms with Crippen LogP contribution < -0.4 is 5.32 Å². The number of benzene rings is 2. The highest BCUT2D eigenvalue weighted by molar-refractivity contribution is 5.67. The van der Waals surface area contributed by atoms with Gasteiger partial charge in [0.2, 0.25) is 5.95 Å². The van der Waals surface area contributed by atoms with Crippen LogP contribution in [0.2, 0.25) is 0 Å². The molecule has 0 aliphatic rings. The second-order valence-corrected chi connectivity index (χ2v) is 5.36.